The summed E-state index contributed by atoms with van der Waals surface area (Å²) in [5.74, 6) is 2.03. The largest absolute Gasteiger partial charge is 0.345 e. The minimum absolute atomic E-state index is 0.143. The molecule has 0 aliphatic heterocycles. The van der Waals surface area contributed by atoms with E-state index in [9.17, 15) is 4.79 Å². The first-order valence-corrected chi connectivity index (χ1v) is 4.77. The van der Waals surface area contributed by atoms with Gasteiger partial charge in [0.15, 0.2) is 0 Å². The van der Waals surface area contributed by atoms with E-state index in [-0.39, 0.29) is 11.8 Å². The van der Waals surface area contributed by atoms with Crippen LogP contribution in [0.1, 0.15) is 27.2 Å². The molecule has 2 unspecified atom stereocenters. The first-order chi connectivity index (χ1) is 5.52. The van der Waals surface area contributed by atoms with Crippen LogP contribution in [0.3, 0.4) is 0 Å². The lowest BCUT2D eigenvalue weighted by molar-refractivity contribution is -0.133. The molecule has 12 heavy (non-hydrogen) atoms. The fourth-order valence-electron chi connectivity index (χ4n) is 1.54. The van der Waals surface area contributed by atoms with Crippen LogP contribution in [0.25, 0.3) is 0 Å². The lowest BCUT2D eigenvalue weighted by atomic mass is 10.2. The Hall–Kier alpha value is -0.530. The summed E-state index contributed by atoms with van der Waals surface area (Å²) in [6, 6.07) is 0. The zero-order valence-corrected chi connectivity index (χ0v) is 8.50. The van der Waals surface area contributed by atoms with Crippen LogP contribution in [0, 0.1) is 17.8 Å². The van der Waals surface area contributed by atoms with E-state index >= 15 is 0 Å². The highest BCUT2D eigenvalue weighted by Crippen LogP contribution is 2.38. The molecule has 0 aromatic heterocycles. The molecule has 0 bridgehead atoms. The topological polar surface area (TPSA) is 20.3 Å². The lowest BCUT2D eigenvalue weighted by Crippen LogP contribution is -2.32. The fourth-order valence-corrected chi connectivity index (χ4v) is 1.54. The molecule has 2 nitrogen and oxygen atoms in total. The van der Waals surface area contributed by atoms with E-state index in [1.807, 2.05) is 25.8 Å². The van der Waals surface area contributed by atoms with Gasteiger partial charge in [-0.3, -0.25) is 4.79 Å². The van der Waals surface area contributed by atoms with E-state index in [2.05, 4.69) is 6.92 Å². The Morgan fingerprint density at radius 3 is 2.42 bits per heavy atom. The van der Waals surface area contributed by atoms with Crippen molar-refractivity contribution < 1.29 is 4.79 Å². The Morgan fingerprint density at radius 1 is 1.58 bits per heavy atom. The van der Waals surface area contributed by atoms with Gasteiger partial charge >= 0.3 is 0 Å². The van der Waals surface area contributed by atoms with Crippen molar-refractivity contribution in [2.75, 3.05) is 13.6 Å². The molecule has 2 heteroatoms. The maximum atomic E-state index is 11.4. The zero-order chi connectivity index (χ0) is 9.30. The van der Waals surface area contributed by atoms with Gasteiger partial charge in [0, 0.05) is 19.5 Å². The van der Waals surface area contributed by atoms with Gasteiger partial charge in [-0.2, -0.15) is 0 Å². The van der Waals surface area contributed by atoms with Crippen molar-refractivity contribution in [2.24, 2.45) is 17.8 Å². The number of nitrogens with zero attached hydrogens (tertiary/aromatic N) is 1. The number of hydrogen-bond donors (Lipinski definition) is 0. The minimum atomic E-state index is 0.143. The molecule has 1 amide bonds. The number of hydrogen-bond acceptors (Lipinski definition) is 1. The molecule has 70 valence electrons. The van der Waals surface area contributed by atoms with E-state index in [0.29, 0.717) is 0 Å². The van der Waals surface area contributed by atoms with Gasteiger partial charge in [0.25, 0.3) is 0 Å². The van der Waals surface area contributed by atoms with Gasteiger partial charge in [0.1, 0.15) is 0 Å². The van der Waals surface area contributed by atoms with Crippen LogP contribution in [0.2, 0.25) is 0 Å². The molecule has 1 aliphatic rings. The summed E-state index contributed by atoms with van der Waals surface area (Å²) in [7, 11) is 1.91. The predicted octanol–water partition coefficient (Wildman–Crippen LogP) is 1.76. The summed E-state index contributed by atoms with van der Waals surface area (Å²) in [5.41, 5.74) is 0. The van der Waals surface area contributed by atoms with Crippen LogP contribution in [-0.4, -0.2) is 24.4 Å². The summed E-state index contributed by atoms with van der Waals surface area (Å²) in [4.78, 5) is 13.3. The standard InChI is InChI=1S/C10H19NO/c1-7(2)10(12)11(4)6-9-5-8(9)3/h7-9H,5-6H2,1-4H3. The Balaban J connectivity index is 2.28. The summed E-state index contributed by atoms with van der Waals surface area (Å²) in [6.07, 6.45) is 1.30. The van der Waals surface area contributed by atoms with Crippen LogP contribution in [0.4, 0.5) is 0 Å². The van der Waals surface area contributed by atoms with Crippen molar-refractivity contribution in [1.29, 1.82) is 0 Å². The molecule has 1 fully saturated rings. The highest BCUT2D eigenvalue weighted by atomic mass is 16.2. The third kappa shape index (κ3) is 2.23. The van der Waals surface area contributed by atoms with Crippen molar-refractivity contribution in [2.45, 2.75) is 27.2 Å². The van der Waals surface area contributed by atoms with E-state index in [1.165, 1.54) is 6.42 Å². The molecule has 0 saturated heterocycles. The van der Waals surface area contributed by atoms with Gasteiger partial charge in [-0.05, 0) is 18.3 Å². The molecule has 0 radical (unpaired) electrons. The summed E-state index contributed by atoms with van der Waals surface area (Å²) >= 11 is 0. The molecule has 0 aromatic rings. The van der Waals surface area contributed by atoms with Crippen molar-refractivity contribution >= 4 is 5.91 Å². The normalized spacial score (nSPS) is 27.4. The second-order valence-corrected chi connectivity index (χ2v) is 4.35. The smallest absolute Gasteiger partial charge is 0.224 e. The third-order valence-electron chi connectivity index (χ3n) is 2.65. The first-order valence-electron chi connectivity index (χ1n) is 4.77. The van der Waals surface area contributed by atoms with Gasteiger partial charge in [0.05, 0.1) is 0 Å². The predicted molar refractivity (Wildman–Crippen MR) is 49.7 cm³/mol. The Morgan fingerprint density at radius 2 is 2.08 bits per heavy atom. The van der Waals surface area contributed by atoms with Crippen LogP contribution in [0.15, 0.2) is 0 Å². The summed E-state index contributed by atoms with van der Waals surface area (Å²) in [5, 5.41) is 0. The zero-order valence-electron chi connectivity index (χ0n) is 8.50. The second kappa shape index (κ2) is 3.46. The van der Waals surface area contributed by atoms with Crippen molar-refractivity contribution in [3.05, 3.63) is 0 Å². The minimum Gasteiger partial charge on any atom is -0.345 e. The lowest BCUT2D eigenvalue weighted by Gasteiger charge is -2.19. The number of amides is 1. The van der Waals surface area contributed by atoms with Crippen LogP contribution in [-0.2, 0) is 4.79 Å². The SMILES string of the molecule is CC(C)C(=O)N(C)CC1CC1C. The summed E-state index contributed by atoms with van der Waals surface area (Å²) in [6.45, 7) is 7.11. The maximum absolute atomic E-state index is 11.4. The number of rotatable bonds is 3. The van der Waals surface area contributed by atoms with Crippen molar-refractivity contribution in [3.63, 3.8) is 0 Å². The average molecular weight is 169 g/mol. The van der Waals surface area contributed by atoms with Crippen LogP contribution >= 0.6 is 0 Å². The van der Waals surface area contributed by atoms with E-state index < -0.39 is 0 Å². The highest BCUT2D eigenvalue weighted by Gasteiger charge is 2.34. The van der Waals surface area contributed by atoms with Crippen molar-refractivity contribution in [3.8, 4) is 0 Å². The molecule has 1 aliphatic carbocycles. The third-order valence-corrected chi connectivity index (χ3v) is 2.65. The van der Waals surface area contributed by atoms with Crippen LogP contribution in [0.5, 0.6) is 0 Å². The highest BCUT2D eigenvalue weighted by molar-refractivity contribution is 5.77. The molecule has 2 atom stereocenters. The van der Waals surface area contributed by atoms with Gasteiger partial charge in [-0.1, -0.05) is 20.8 Å². The Kier molecular flexibility index (Phi) is 2.76. The van der Waals surface area contributed by atoms with E-state index in [0.717, 1.165) is 18.4 Å². The van der Waals surface area contributed by atoms with E-state index in [1.54, 1.807) is 0 Å². The molecule has 0 aromatic carbocycles. The second-order valence-electron chi connectivity index (χ2n) is 4.35. The van der Waals surface area contributed by atoms with Gasteiger partial charge in [0.2, 0.25) is 5.91 Å². The van der Waals surface area contributed by atoms with Gasteiger partial charge < -0.3 is 4.90 Å². The monoisotopic (exact) mass is 169 g/mol. The van der Waals surface area contributed by atoms with Gasteiger partial charge in [-0.15, -0.1) is 0 Å². The average Bonchev–Trinajstić information content (AvgIpc) is 2.64. The van der Waals surface area contributed by atoms with Crippen molar-refractivity contribution in [1.82, 2.24) is 4.90 Å². The molecule has 0 N–H and O–H groups in total. The van der Waals surface area contributed by atoms with Crippen LogP contribution < -0.4 is 0 Å². The molecule has 0 heterocycles. The van der Waals surface area contributed by atoms with Gasteiger partial charge in [-0.25, -0.2) is 0 Å². The quantitative estimate of drug-likeness (QED) is 0.630. The fraction of sp³-hybridized carbons (Fsp3) is 0.900. The molecular weight excluding hydrogens is 150 g/mol. The first kappa shape index (κ1) is 9.56. The molecular formula is C10H19NO. The van der Waals surface area contributed by atoms with E-state index in [4.69, 9.17) is 0 Å². The number of carbonyl (C=O) groups is 1. The number of carbonyl (C=O) groups excluding carboxylic acids is 1. The molecule has 0 spiro atoms. The molecule has 1 rings (SSSR count). The Bertz CT molecular complexity index is 177. The molecule has 1 saturated carbocycles. The maximum Gasteiger partial charge on any atom is 0.224 e. The summed E-state index contributed by atoms with van der Waals surface area (Å²) < 4.78 is 0. The Labute approximate surface area is 74.9 Å².